The number of fused-ring (bicyclic) bond motifs is 1. The standard InChI is InChI=1S/C17H13ClN2O4/c1-9(24-14-5-3-2-4-13(14)18)15(21)19-10-6-7-11-12(8-10)17(23)20-16(11)22/h2-9H,1H3,(H,19,21)(H,20,22,23). The Hall–Kier alpha value is -2.86. The number of hydrogen-bond donors (Lipinski definition) is 2. The zero-order chi connectivity index (χ0) is 17.3. The van der Waals surface area contributed by atoms with E-state index in [9.17, 15) is 14.4 Å². The molecular weight excluding hydrogens is 332 g/mol. The van der Waals surface area contributed by atoms with Gasteiger partial charge in [0.1, 0.15) is 5.75 Å². The van der Waals surface area contributed by atoms with Crippen LogP contribution >= 0.6 is 11.6 Å². The van der Waals surface area contributed by atoms with Crippen molar-refractivity contribution >= 4 is 35.0 Å². The summed E-state index contributed by atoms with van der Waals surface area (Å²) in [5.74, 6) is -0.921. The van der Waals surface area contributed by atoms with Crippen LogP contribution in [0, 0.1) is 0 Å². The van der Waals surface area contributed by atoms with Gasteiger partial charge in [-0.15, -0.1) is 0 Å². The molecule has 6 nitrogen and oxygen atoms in total. The van der Waals surface area contributed by atoms with Crippen LogP contribution < -0.4 is 15.4 Å². The van der Waals surface area contributed by atoms with Gasteiger partial charge in [0.05, 0.1) is 16.1 Å². The number of carbonyl (C=O) groups excluding carboxylic acids is 3. The molecule has 7 heteroatoms. The van der Waals surface area contributed by atoms with E-state index < -0.39 is 23.8 Å². The lowest BCUT2D eigenvalue weighted by Gasteiger charge is -2.15. The lowest BCUT2D eigenvalue weighted by atomic mass is 10.1. The zero-order valence-corrected chi connectivity index (χ0v) is 13.4. The maximum atomic E-state index is 12.2. The van der Waals surface area contributed by atoms with Crippen molar-refractivity contribution in [2.24, 2.45) is 0 Å². The summed E-state index contributed by atoms with van der Waals surface area (Å²) in [5, 5.41) is 5.25. The van der Waals surface area contributed by atoms with E-state index in [1.54, 1.807) is 37.3 Å². The summed E-state index contributed by atoms with van der Waals surface area (Å²) in [6, 6.07) is 11.3. The van der Waals surface area contributed by atoms with E-state index in [1.807, 2.05) is 0 Å². The summed E-state index contributed by atoms with van der Waals surface area (Å²) in [4.78, 5) is 35.4. The van der Waals surface area contributed by atoms with Gasteiger partial charge in [0.2, 0.25) is 0 Å². The predicted octanol–water partition coefficient (Wildman–Crippen LogP) is 2.63. The number of ether oxygens (including phenoxy) is 1. The molecule has 0 aliphatic carbocycles. The SMILES string of the molecule is CC(Oc1ccccc1Cl)C(=O)Nc1ccc2c(c1)C(=O)NC2=O. The van der Waals surface area contributed by atoms with Gasteiger partial charge in [-0.25, -0.2) is 0 Å². The predicted molar refractivity (Wildman–Crippen MR) is 88.4 cm³/mol. The van der Waals surface area contributed by atoms with E-state index in [-0.39, 0.29) is 5.56 Å². The molecule has 24 heavy (non-hydrogen) atoms. The van der Waals surface area contributed by atoms with E-state index in [0.29, 0.717) is 22.0 Å². The molecule has 0 spiro atoms. The Morgan fingerprint density at radius 1 is 1.12 bits per heavy atom. The van der Waals surface area contributed by atoms with Crippen LogP contribution in [-0.2, 0) is 4.79 Å². The van der Waals surface area contributed by atoms with Crippen LogP contribution in [0.15, 0.2) is 42.5 Å². The summed E-state index contributed by atoms with van der Waals surface area (Å²) in [6.07, 6.45) is -0.798. The maximum absolute atomic E-state index is 12.2. The third-order valence-corrected chi connectivity index (χ3v) is 3.83. The van der Waals surface area contributed by atoms with Gasteiger partial charge in [-0.05, 0) is 37.3 Å². The molecule has 2 aromatic carbocycles. The molecule has 2 aromatic rings. The van der Waals surface area contributed by atoms with Crippen LogP contribution in [0.1, 0.15) is 27.6 Å². The van der Waals surface area contributed by atoms with Crippen LogP contribution in [0.25, 0.3) is 0 Å². The number of amides is 3. The lowest BCUT2D eigenvalue weighted by Crippen LogP contribution is -2.30. The number of imide groups is 1. The summed E-state index contributed by atoms with van der Waals surface area (Å²) < 4.78 is 5.53. The highest BCUT2D eigenvalue weighted by Gasteiger charge is 2.27. The van der Waals surface area contributed by atoms with Crippen molar-refractivity contribution in [3.05, 3.63) is 58.6 Å². The van der Waals surface area contributed by atoms with Crippen LogP contribution in [-0.4, -0.2) is 23.8 Å². The minimum Gasteiger partial charge on any atom is -0.479 e. The first-order valence-electron chi connectivity index (χ1n) is 7.17. The van der Waals surface area contributed by atoms with Crippen molar-refractivity contribution in [3.63, 3.8) is 0 Å². The fourth-order valence-electron chi connectivity index (χ4n) is 2.27. The Morgan fingerprint density at radius 2 is 1.83 bits per heavy atom. The van der Waals surface area contributed by atoms with Crippen molar-refractivity contribution in [2.45, 2.75) is 13.0 Å². The molecule has 1 atom stereocenters. The van der Waals surface area contributed by atoms with Gasteiger partial charge in [-0.2, -0.15) is 0 Å². The number of carbonyl (C=O) groups is 3. The number of para-hydroxylation sites is 1. The molecule has 1 unspecified atom stereocenters. The second-order valence-electron chi connectivity index (χ2n) is 5.22. The van der Waals surface area contributed by atoms with Gasteiger partial charge in [0.15, 0.2) is 6.10 Å². The van der Waals surface area contributed by atoms with E-state index in [2.05, 4.69) is 10.6 Å². The molecule has 1 aliphatic heterocycles. The Kier molecular flexibility index (Phi) is 4.22. The van der Waals surface area contributed by atoms with Crippen LogP contribution in [0.4, 0.5) is 5.69 Å². The fraction of sp³-hybridized carbons (Fsp3) is 0.118. The smallest absolute Gasteiger partial charge is 0.265 e. The topological polar surface area (TPSA) is 84.5 Å². The molecule has 0 radical (unpaired) electrons. The molecule has 0 bridgehead atoms. The van der Waals surface area contributed by atoms with Gasteiger partial charge in [-0.1, -0.05) is 23.7 Å². The highest BCUT2D eigenvalue weighted by atomic mass is 35.5. The summed E-state index contributed by atoms with van der Waals surface area (Å²) in [5.41, 5.74) is 0.925. The summed E-state index contributed by atoms with van der Waals surface area (Å²) >= 11 is 5.99. The summed E-state index contributed by atoms with van der Waals surface area (Å²) in [6.45, 7) is 1.59. The average Bonchev–Trinajstić information content (AvgIpc) is 2.83. The molecule has 3 rings (SSSR count). The Labute approximate surface area is 142 Å². The van der Waals surface area contributed by atoms with E-state index in [0.717, 1.165) is 0 Å². The number of benzene rings is 2. The Bertz CT molecular complexity index is 850. The van der Waals surface area contributed by atoms with Crippen LogP contribution in [0.5, 0.6) is 5.75 Å². The minimum absolute atomic E-state index is 0.234. The quantitative estimate of drug-likeness (QED) is 0.835. The first kappa shape index (κ1) is 16.0. The van der Waals surface area contributed by atoms with Gasteiger partial charge >= 0.3 is 0 Å². The van der Waals surface area contributed by atoms with Gasteiger partial charge in [0, 0.05) is 5.69 Å². The Morgan fingerprint density at radius 3 is 2.58 bits per heavy atom. The molecule has 122 valence electrons. The van der Waals surface area contributed by atoms with Gasteiger partial charge < -0.3 is 10.1 Å². The van der Waals surface area contributed by atoms with Gasteiger partial charge in [0.25, 0.3) is 17.7 Å². The maximum Gasteiger partial charge on any atom is 0.265 e. The normalized spacial score (nSPS) is 13.9. The zero-order valence-electron chi connectivity index (χ0n) is 12.6. The lowest BCUT2D eigenvalue weighted by molar-refractivity contribution is -0.122. The fourth-order valence-corrected chi connectivity index (χ4v) is 2.45. The van der Waals surface area contributed by atoms with Crippen LogP contribution in [0.3, 0.4) is 0 Å². The number of anilines is 1. The van der Waals surface area contributed by atoms with Crippen molar-refractivity contribution < 1.29 is 19.1 Å². The second-order valence-corrected chi connectivity index (χ2v) is 5.63. The molecule has 0 saturated heterocycles. The molecule has 1 aliphatic rings. The van der Waals surface area contributed by atoms with E-state index in [1.165, 1.54) is 12.1 Å². The minimum atomic E-state index is -0.798. The highest BCUT2D eigenvalue weighted by Crippen LogP contribution is 2.25. The molecule has 1 heterocycles. The largest absolute Gasteiger partial charge is 0.479 e. The first-order chi connectivity index (χ1) is 11.5. The van der Waals surface area contributed by atoms with E-state index >= 15 is 0 Å². The highest BCUT2D eigenvalue weighted by molar-refractivity contribution is 6.32. The number of halogens is 1. The van der Waals surface area contributed by atoms with Crippen LogP contribution in [0.2, 0.25) is 5.02 Å². The number of rotatable bonds is 4. The van der Waals surface area contributed by atoms with Crippen molar-refractivity contribution in [1.82, 2.24) is 5.32 Å². The molecular formula is C17H13ClN2O4. The van der Waals surface area contributed by atoms with E-state index in [4.69, 9.17) is 16.3 Å². The molecule has 0 saturated carbocycles. The third kappa shape index (κ3) is 3.09. The molecule has 2 N–H and O–H groups in total. The average molecular weight is 345 g/mol. The molecule has 0 fully saturated rings. The second kappa shape index (κ2) is 6.33. The van der Waals surface area contributed by atoms with Crippen molar-refractivity contribution in [1.29, 1.82) is 0 Å². The molecule has 3 amide bonds. The summed E-state index contributed by atoms with van der Waals surface area (Å²) in [7, 11) is 0. The first-order valence-corrected chi connectivity index (χ1v) is 7.55. The van der Waals surface area contributed by atoms with Crippen molar-refractivity contribution in [2.75, 3.05) is 5.32 Å². The third-order valence-electron chi connectivity index (χ3n) is 3.51. The monoisotopic (exact) mass is 344 g/mol. The Balaban J connectivity index is 1.71. The number of nitrogens with one attached hydrogen (secondary N) is 2. The van der Waals surface area contributed by atoms with Gasteiger partial charge in [-0.3, -0.25) is 19.7 Å². The van der Waals surface area contributed by atoms with Crippen molar-refractivity contribution in [3.8, 4) is 5.75 Å². The molecule has 0 aromatic heterocycles. The number of hydrogen-bond acceptors (Lipinski definition) is 4.